The first-order valence-electron chi connectivity index (χ1n) is 8.51. The molecule has 0 unspecified atom stereocenters. The lowest BCUT2D eigenvalue weighted by Crippen LogP contribution is -2.31. The maximum atomic E-state index is 12.2. The minimum absolute atomic E-state index is 0.147. The molecule has 0 spiro atoms. The smallest absolute Gasteiger partial charge is 0.232 e. The number of ether oxygens (including phenoxy) is 1. The summed E-state index contributed by atoms with van der Waals surface area (Å²) < 4.78 is 30.5. The maximum Gasteiger partial charge on any atom is 0.232 e. The Hall–Kier alpha value is -1.80. The molecule has 0 aliphatic heterocycles. The van der Waals surface area contributed by atoms with Crippen LogP contribution >= 0.6 is 23.2 Å². The van der Waals surface area contributed by atoms with Crippen LogP contribution in [0.25, 0.3) is 0 Å². The Bertz CT molecular complexity index is 935. The van der Waals surface area contributed by atoms with Crippen LogP contribution in [0.3, 0.4) is 0 Å². The fraction of sp³-hybridized carbons (Fsp3) is 0.316. The SMILES string of the molecule is COCc1cccc(NC(=O)CCCN(c2ccc(Cl)c(Cl)c2)S(C)(=O)=O)c1. The molecule has 2 aromatic rings. The Morgan fingerprint density at radius 2 is 1.89 bits per heavy atom. The second-order valence-corrected chi connectivity index (χ2v) is 8.94. The summed E-state index contributed by atoms with van der Waals surface area (Å²) in [7, 11) is -1.93. The molecule has 0 radical (unpaired) electrons. The van der Waals surface area contributed by atoms with Gasteiger partial charge in [0.1, 0.15) is 0 Å². The Labute approximate surface area is 175 Å². The van der Waals surface area contributed by atoms with Gasteiger partial charge in [-0.1, -0.05) is 35.3 Å². The first-order chi connectivity index (χ1) is 13.2. The lowest BCUT2D eigenvalue weighted by Gasteiger charge is -2.22. The highest BCUT2D eigenvalue weighted by molar-refractivity contribution is 7.92. The van der Waals surface area contributed by atoms with Crippen LogP contribution in [0, 0.1) is 0 Å². The highest BCUT2D eigenvalue weighted by atomic mass is 35.5. The average Bonchev–Trinajstić information content (AvgIpc) is 2.61. The molecule has 2 aromatic carbocycles. The number of nitrogens with one attached hydrogen (secondary N) is 1. The number of rotatable bonds is 9. The summed E-state index contributed by atoms with van der Waals surface area (Å²) in [5.41, 5.74) is 2.02. The molecule has 0 fully saturated rings. The number of benzene rings is 2. The van der Waals surface area contributed by atoms with Crippen molar-refractivity contribution in [2.75, 3.05) is 29.5 Å². The van der Waals surface area contributed by atoms with Crippen molar-refractivity contribution in [3.05, 3.63) is 58.1 Å². The molecule has 2 rings (SSSR count). The fourth-order valence-corrected chi connectivity index (χ4v) is 3.89. The van der Waals surface area contributed by atoms with Crippen LogP contribution in [0.2, 0.25) is 10.0 Å². The lowest BCUT2D eigenvalue weighted by atomic mass is 10.2. The van der Waals surface area contributed by atoms with Crippen LogP contribution in [0.5, 0.6) is 0 Å². The Morgan fingerprint density at radius 3 is 2.54 bits per heavy atom. The van der Waals surface area contributed by atoms with Crippen LogP contribution in [-0.4, -0.2) is 34.2 Å². The highest BCUT2D eigenvalue weighted by Gasteiger charge is 2.18. The number of hydrogen-bond donors (Lipinski definition) is 1. The minimum Gasteiger partial charge on any atom is -0.380 e. The van der Waals surface area contributed by atoms with Gasteiger partial charge in [0.2, 0.25) is 15.9 Å². The second kappa shape index (κ2) is 10.1. The summed E-state index contributed by atoms with van der Waals surface area (Å²) in [6, 6.07) is 12.0. The zero-order valence-electron chi connectivity index (χ0n) is 15.6. The predicted molar refractivity (Wildman–Crippen MR) is 114 cm³/mol. The van der Waals surface area contributed by atoms with Gasteiger partial charge in [-0.05, 0) is 42.3 Å². The third-order valence-corrected chi connectivity index (χ3v) is 5.81. The second-order valence-electron chi connectivity index (χ2n) is 6.22. The Morgan fingerprint density at radius 1 is 1.14 bits per heavy atom. The molecule has 0 aliphatic rings. The highest BCUT2D eigenvalue weighted by Crippen LogP contribution is 2.28. The molecule has 1 N–H and O–H groups in total. The first-order valence-corrected chi connectivity index (χ1v) is 11.1. The monoisotopic (exact) mass is 444 g/mol. The molecule has 0 saturated heterocycles. The number of amides is 1. The van der Waals surface area contributed by atoms with E-state index in [4.69, 9.17) is 27.9 Å². The molecule has 0 saturated carbocycles. The van der Waals surface area contributed by atoms with Crippen molar-refractivity contribution in [3.8, 4) is 0 Å². The number of halogens is 2. The molecule has 0 bridgehead atoms. The molecule has 0 aromatic heterocycles. The molecular formula is C19H22Cl2N2O4S. The third-order valence-electron chi connectivity index (χ3n) is 3.88. The normalized spacial score (nSPS) is 11.3. The summed E-state index contributed by atoms with van der Waals surface area (Å²) in [5.74, 6) is -0.197. The number of nitrogens with zero attached hydrogens (tertiary/aromatic N) is 1. The minimum atomic E-state index is -3.53. The van der Waals surface area contributed by atoms with E-state index in [1.54, 1.807) is 19.2 Å². The molecule has 152 valence electrons. The van der Waals surface area contributed by atoms with Gasteiger partial charge in [0.25, 0.3) is 0 Å². The number of hydrogen-bond acceptors (Lipinski definition) is 4. The average molecular weight is 445 g/mol. The van der Waals surface area contributed by atoms with E-state index in [0.717, 1.165) is 11.8 Å². The molecule has 0 atom stereocenters. The number of carbonyl (C=O) groups excluding carboxylic acids is 1. The molecular weight excluding hydrogens is 423 g/mol. The van der Waals surface area contributed by atoms with Gasteiger partial charge in [0, 0.05) is 25.8 Å². The summed E-state index contributed by atoms with van der Waals surface area (Å²) in [5, 5.41) is 3.42. The Kier molecular flexibility index (Phi) is 8.12. The van der Waals surface area contributed by atoms with Gasteiger partial charge in [-0.3, -0.25) is 9.10 Å². The van der Waals surface area contributed by atoms with Crippen LogP contribution in [0.1, 0.15) is 18.4 Å². The molecule has 9 heteroatoms. The largest absolute Gasteiger partial charge is 0.380 e. The van der Waals surface area contributed by atoms with E-state index >= 15 is 0 Å². The zero-order valence-corrected chi connectivity index (χ0v) is 17.9. The van der Waals surface area contributed by atoms with Crippen molar-refractivity contribution >= 4 is 50.5 Å². The van der Waals surface area contributed by atoms with Crippen molar-refractivity contribution in [2.45, 2.75) is 19.4 Å². The van der Waals surface area contributed by atoms with Gasteiger partial charge in [0.15, 0.2) is 0 Å². The van der Waals surface area contributed by atoms with Crippen LogP contribution in [0.4, 0.5) is 11.4 Å². The van der Waals surface area contributed by atoms with Crippen molar-refractivity contribution in [2.24, 2.45) is 0 Å². The van der Waals surface area contributed by atoms with Crippen LogP contribution in [-0.2, 0) is 26.2 Å². The van der Waals surface area contributed by atoms with Gasteiger partial charge < -0.3 is 10.1 Å². The van der Waals surface area contributed by atoms with Gasteiger partial charge in [-0.25, -0.2) is 8.42 Å². The summed E-state index contributed by atoms with van der Waals surface area (Å²) in [6.45, 7) is 0.602. The first kappa shape index (κ1) is 22.5. The van der Waals surface area contributed by atoms with Crippen molar-refractivity contribution in [3.63, 3.8) is 0 Å². The quantitative estimate of drug-likeness (QED) is 0.624. The van der Waals surface area contributed by atoms with Gasteiger partial charge >= 0.3 is 0 Å². The lowest BCUT2D eigenvalue weighted by molar-refractivity contribution is -0.116. The summed E-state index contributed by atoms with van der Waals surface area (Å²) >= 11 is 11.9. The van der Waals surface area contributed by atoms with E-state index in [1.165, 1.54) is 16.4 Å². The van der Waals surface area contributed by atoms with E-state index in [1.807, 2.05) is 18.2 Å². The van der Waals surface area contributed by atoms with Gasteiger partial charge in [0.05, 0.1) is 28.6 Å². The number of carbonyl (C=O) groups is 1. The molecule has 6 nitrogen and oxygen atoms in total. The van der Waals surface area contributed by atoms with E-state index in [-0.39, 0.29) is 23.9 Å². The number of anilines is 2. The van der Waals surface area contributed by atoms with E-state index in [0.29, 0.717) is 29.4 Å². The van der Waals surface area contributed by atoms with Crippen molar-refractivity contribution in [1.82, 2.24) is 0 Å². The summed E-state index contributed by atoms with van der Waals surface area (Å²) in [6.07, 6.45) is 1.62. The topological polar surface area (TPSA) is 75.7 Å². The summed E-state index contributed by atoms with van der Waals surface area (Å²) in [4.78, 5) is 12.2. The maximum absolute atomic E-state index is 12.2. The zero-order chi connectivity index (χ0) is 20.7. The third kappa shape index (κ3) is 6.67. The van der Waals surface area contributed by atoms with E-state index in [9.17, 15) is 13.2 Å². The van der Waals surface area contributed by atoms with Crippen LogP contribution in [0.15, 0.2) is 42.5 Å². The van der Waals surface area contributed by atoms with Crippen molar-refractivity contribution < 1.29 is 17.9 Å². The van der Waals surface area contributed by atoms with E-state index < -0.39 is 10.0 Å². The fourth-order valence-electron chi connectivity index (χ4n) is 2.64. The molecule has 28 heavy (non-hydrogen) atoms. The number of sulfonamides is 1. The van der Waals surface area contributed by atoms with Gasteiger partial charge in [-0.2, -0.15) is 0 Å². The molecule has 0 heterocycles. The van der Waals surface area contributed by atoms with Crippen molar-refractivity contribution in [1.29, 1.82) is 0 Å². The molecule has 1 amide bonds. The Balaban J connectivity index is 1.97. The van der Waals surface area contributed by atoms with E-state index in [2.05, 4.69) is 5.32 Å². The number of methoxy groups -OCH3 is 1. The predicted octanol–water partition coefficient (Wildman–Crippen LogP) is 4.32. The van der Waals surface area contributed by atoms with Gasteiger partial charge in [-0.15, -0.1) is 0 Å². The van der Waals surface area contributed by atoms with Crippen LogP contribution < -0.4 is 9.62 Å². The standard InChI is InChI=1S/C19H22Cl2N2O4S/c1-27-13-14-5-3-6-15(11-14)22-19(24)7-4-10-23(28(2,25)26)16-8-9-17(20)18(21)12-16/h3,5-6,8-9,11-12H,4,7,10,13H2,1-2H3,(H,22,24). The molecule has 0 aliphatic carbocycles.